The molecule has 0 bridgehead atoms. The molecule has 136 valence electrons. The smallest absolute Gasteiger partial charge is 0.272 e. The molecule has 0 fully saturated rings. The first-order chi connectivity index (χ1) is 12.4. The minimum absolute atomic E-state index is 0.0800. The fourth-order valence-electron chi connectivity index (χ4n) is 3.27. The fraction of sp³-hybridized carbons (Fsp3) is 0.316. The van der Waals surface area contributed by atoms with Crippen LogP contribution in [-0.4, -0.2) is 29.7 Å². The Morgan fingerprint density at radius 3 is 2.62 bits per heavy atom. The lowest BCUT2D eigenvalue weighted by Crippen LogP contribution is -2.14. The van der Waals surface area contributed by atoms with Crippen molar-refractivity contribution in [1.29, 1.82) is 0 Å². The minimum Gasteiger partial charge on any atom is -0.495 e. The first-order valence-electron chi connectivity index (χ1n) is 8.42. The predicted molar refractivity (Wildman–Crippen MR) is 98.0 cm³/mol. The Kier molecular flexibility index (Phi) is 4.79. The molecule has 1 aliphatic rings. The van der Waals surface area contributed by atoms with Crippen molar-refractivity contribution in [3.8, 4) is 5.75 Å². The summed E-state index contributed by atoms with van der Waals surface area (Å²) < 4.78 is 5.21. The molecule has 0 aliphatic heterocycles. The van der Waals surface area contributed by atoms with Gasteiger partial charge in [-0.15, -0.1) is 0 Å². The Bertz CT molecular complexity index is 898. The highest BCUT2D eigenvalue weighted by molar-refractivity contribution is 6.08. The molecule has 3 rings (SSSR count). The lowest BCUT2D eigenvalue weighted by Gasteiger charge is -2.12. The molecular formula is C19H21N3O4. The molecular weight excluding hydrogens is 334 g/mol. The summed E-state index contributed by atoms with van der Waals surface area (Å²) >= 11 is 0. The van der Waals surface area contributed by atoms with Gasteiger partial charge in [0.05, 0.1) is 12.8 Å². The van der Waals surface area contributed by atoms with Gasteiger partial charge in [0.1, 0.15) is 11.4 Å². The molecule has 1 heterocycles. The molecule has 0 unspecified atom stereocenters. The Hall–Kier alpha value is -3.09. The number of H-pyrrole nitrogens is 1. The number of rotatable bonds is 4. The molecule has 0 saturated heterocycles. The van der Waals surface area contributed by atoms with E-state index in [0.29, 0.717) is 40.4 Å². The van der Waals surface area contributed by atoms with E-state index in [4.69, 9.17) is 4.74 Å². The zero-order chi connectivity index (χ0) is 18.8. The molecule has 2 amide bonds. The maximum absolute atomic E-state index is 12.7. The van der Waals surface area contributed by atoms with Crippen molar-refractivity contribution in [3.63, 3.8) is 0 Å². The fourth-order valence-corrected chi connectivity index (χ4v) is 3.27. The van der Waals surface area contributed by atoms with Gasteiger partial charge < -0.3 is 20.4 Å². The number of amides is 2. The van der Waals surface area contributed by atoms with Crippen LogP contribution in [0.25, 0.3) is 0 Å². The molecule has 1 aromatic heterocycles. The highest BCUT2D eigenvalue weighted by Gasteiger charge is 2.26. The highest BCUT2D eigenvalue weighted by Crippen LogP contribution is 2.29. The number of carbonyl (C=O) groups excluding carboxylic acids is 3. The lowest BCUT2D eigenvalue weighted by atomic mass is 9.94. The summed E-state index contributed by atoms with van der Waals surface area (Å²) in [5, 5.41) is 5.47. The number of hydrogen-bond acceptors (Lipinski definition) is 4. The van der Waals surface area contributed by atoms with E-state index in [9.17, 15) is 14.4 Å². The number of carbonyl (C=O) groups is 3. The van der Waals surface area contributed by atoms with Gasteiger partial charge in [-0.3, -0.25) is 14.4 Å². The topological polar surface area (TPSA) is 100 Å². The number of aromatic nitrogens is 1. The van der Waals surface area contributed by atoms with E-state index in [2.05, 4.69) is 15.6 Å². The van der Waals surface area contributed by atoms with Gasteiger partial charge >= 0.3 is 0 Å². The maximum atomic E-state index is 12.7. The van der Waals surface area contributed by atoms with E-state index in [1.807, 2.05) is 0 Å². The van der Waals surface area contributed by atoms with E-state index in [1.165, 1.54) is 14.0 Å². The number of aromatic amines is 1. The Balaban J connectivity index is 1.87. The van der Waals surface area contributed by atoms with Gasteiger partial charge in [0.15, 0.2) is 5.78 Å². The monoisotopic (exact) mass is 355 g/mol. The number of anilines is 2. The van der Waals surface area contributed by atoms with E-state index < -0.39 is 0 Å². The van der Waals surface area contributed by atoms with Crippen LogP contribution in [0.15, 0.2) is 18.2 Å². The van der Waals surface area contributed by atoms with Gasteiger partial charge in [-0.25, -0.2) is 0 Å². The normalized spacial score (nSPS) is 13.1. The van der Waals surface area contributed by atoms with E-state index in [-0.39, 0.29) is 17.6 Å². The Morgan fingerprint density at radius 1 is 1.19 bits per heavy atom. The Labute approximate surface area is 151 Å². The molecule has 2 aromatic rings. The van der Waals surface area contributed by atoms with Gasteiger partial charge in [0.2, 0.25) is 5.91 Å². The second kappa shape index (κ2) is 7.03. The molecule has 0 saturated carbocycles. The van der Waals surface area contributed by atoms with E-state index in [1.54, 1.807) is 25.1 Å². The van der Waals surface area contributed by atoms with Gasteiger partial charge in [0.25, 0.3) is 5.91 Å². The molecule has 0 radical (unpaired) electrons. The number of ketones is 1. The second-order valence-electron chi connectivity index (χ2n) is 6.31. The zero-order valence-corrected chi connectivity index (χ0v) is 15.0. The van der Waals surface area contributed by atoms with Crippen LogP contribution < -0.4 is 15.4 Å². The molecule has 7 nitrogen and oxygen atoms in total. The van der Waals surface area contributed by atoms with Crippen molar-refractivity contribution in [1.82, 2.24) is 4.98 Å². The number of Topliss-reactive ketones (excluding diaryl/α,β-unsaturated/α-hetero) is 1. The van der Waals surface area contributed by atoms with Crippen LogP contribution >= 0.6 is 0 Å². The maximum Gasteiger partial charge on any atom is 0.272 e. The van der Waals surface area contributed by atoms with Crippen LogP contribution in [0.1, 0.15) is 51.9 Å². The van der Waals surface area contributed by atoms with Crippen molar-refractivity contribution in [2.75, 3.05) is 17.7 Å². The number of aryl methyl sites for hydroxylation is 1. The third-order valence-corrected chi connectivity index (χ3v) is 4.43. The van der Waals surface area contributed by atoms with Crippen LogP contribution in [0.5, 0.6) is 5.75 Å². The SMILES string of the molecule is COc1ccc(NC(=O)c2[nH]c3c(c2C)C(=O)CCC3)cc1NC(C)=O. The summed E-state index contributed by atoms with van der Waals surface area (Å²) in [7, 11) is 1.50. The van der Waals surface area contributed by atoms with Crippen LogP contribution in [0, 0.1) is 6.92 Å². The van der Waals surface area contributed by atoms with E-state index in [0.717, 1.165) is 18.5 Å². The summed E-state index contributed by atoms with van der Waals surface area (Å²) in [4.78, 5) is 39.2. The predicted octanol–water partition coefficient (Wildman–Crippen LogP) is 3.06. The number of ether oxygens (including phenoxy) is 1. The van der Waals surface area contributed by atoms with Crippen LogP contribution in [0.2, 0.25) is 0 Å². The van der Waals surface area contributed by atoms with Gasteiger partial charge in [-0.05, 0) is 43.5 Å². The third-order valence-electron chi connectivity index (χ3n) is 4.43. The number of nitrogens with one attached hydrogen (secondary N) is 3. The van der Waals surface area contributed by atoms with Crippen molar-refractivity contribution < 1.29 is 19.1 Å². The molecule has 3 N–H and O–H groups in total. The number of hydrogen-bond donors (Lipinski definition) is 3. The van der Waals surface area contributed by atoms with Crippen molar-refractivity contribution in [2.45, 2.75) is 33.1 Å². The van der Waals surface area contributed by atoms with Gasteiger partial charge in [0, 0.05) is 30.3 Å². The standard InChI is InChI=1S/C19H21N3O4/c1-10-17-13(5-4-6-15(17)24)22-18(10)19(25)21-12-7-8-16(26-3)14(9-12)20-11(2)23/h7-9,22H,4-6H2,1-3H3,(H,20,23)(H,21,25). The molecule has 1 aromatic carbocycles. The van der Waals surface area contributed by atoms with Crippen molar-refractivity contribution in [3.05, 3.63) is 40.7 Å². The van der Waals surface area contributed by atoms with Crippen molar-refractivity contribution in [2.24, 2.45) is 0 Å². The molecule has 1 aliphatic carbocycles. The Morgan fingerprint density at radius 2 is 1.96 bits per heavy atom. The summed E-state index contributed by atoms with van der Waals surface area (Å²) in [6, 6.07) is 4.98. The molecule has 26 heavy (non-hydrogen) atoms. The highest BCUT2D eigenvalue weighted by atomic mass is 16.5. The first kappa shape index (κ1) is 17.7. The molecule has 7 heteroatoms. The summed E-state index contributed by atoms with van der Waals surface area (Å²) in [5.74, 6) is 0.00794. The van der Waals surface area contributed by atoms with Crippen LogP contribution in [-0.2, 0) is 11.2 Å². The summed E-state index contributed by atoms with van der Waals surface area (Å²) in [5.41, 5.74) is 3.53. The van der Waals surface area contributed by atoms with Crippen molar-refractivity contribution >= 4 is 29.0 Å². The lowest BCUT2D eigenvalue weighted by molar-refractivity contribution is -0.114. The second-order valence-corrected chi connectivity index (χ2v) is 6.31. The molecule has 0 atom stereocenters. The van der Waals surface area contributed by atoms with Crippen LogP contribution in [0.4, 0.5) is 11.4 Å². The largest absolute Gasteiger partial charge is 0.495 e. The van der Waals surface area contributed by atoms with E-state index >= 15 is 0 Å². The number of methoxy groups -OCH3 is 1. The summed E-state index contributed by atoms with van der Waals surface area (Å²) in [6.07, 6.45) is 2.08. The first-order valence-corrected chi connectivity index (χ1v) is 8.42. The average molecular weight is 355 g/mol. The minimum atomic E-state index is -0.330. The van der Waals surface area contributed by atoms with Gasteiger partial charge in [-0.2, -0.15) is 0 Å². The number of benzene rings is 1. The number of fused-ring (bicyclic) bond motifs is 1. The van der Waals surface area contributed by atoms with Gasteiger partial charge in [-0.1, -0.05) is 0 Å². The van der Waals surface area contributed by atoms with Crippen LogP contribution in [0.3, 0.4) is 0 Å². The quantitative estimate of drug-likeness (QED) is 0.785. The average Bonchev–Trinajstić information content (AvgIpc) is 2.93. The third kappa shape index (κ3) is 3.33. The zero-order valence-electron chi connectivity index (χ0n) is 15.0. The summed E-state index contributed by atoms with van der Waals surface area (Å²) in [6.45, 7) is 3.18. The molecule has 0 spiro atoms.